The van der Waals surface area contributed by atoms with Crippen molar-refractivity contribution in [3.05, 3.63) is 57.5 Å². The van der Waals surface area contributed by atoms with Crippen LogP contribution in [0.4, 0.5) is 0 Å². The van der Waals surface area contributed by atoms with Gasteiger partial charge < -0.3 is 5.11 Å². The molecule has 0 bridgehead atoms. The van der Waals surface area contributed by atoms with Gasteiger partial charge in [-0.3, -0.25) is 0 Å². The van der Waals surface area contributed by atoms with Gasteiger partial charge in [0.2, 0.25) is 0 Å². The fourth-order valence-corrected chi connectivity index (χ4v) is 3.20. The van der Waals surface area contributed by atoms with E-state index in [-0.39, 0.29) is 0 Å². The highest BCUT2D eigenvalue weighted by atomic mass is 79.9. The third kappa shape index (κ3) is 2.40. The zero-order valence-electron chi connectivity index (χ0n) is 9.43. The Labute approximate surface area is 117 Å². The molecule has 3 aromatic rings. The quantitative estimate of drug-likeness (QED) is 0.761. The molecule has 0 spiro atoms. The lowest BCUT2D eigenvalue weighted by Crippen LogP contribution is -1.85. The van der Waals surface area contributed by atoms with Crippen molar-refractivity contribution in [3.63, 3.8) is 0 Å². The molecule has 90 valence electrons. The molecular weight excluding hydrogens is 310 g/mol. The van der Waals surface area contributed by atoms with Gasteiger partial charge in [-0.25, -0.2) is 4.98 Å². The summed E-state index contributed by atoms with van der Waals surface area (Å²) in [6, 6.07) is 13.4. The van der Waals surface area contributed by atoms with Crippen LogP contribution in [0, 0.1) is 0 Å². The predicted molar refractivity (Wildman–Crippen MR) is 78.2 cm³/mol. The summed E-state index contributed by atoms with van der Waals surface area (Å²) in [5.41, 5.74) is 2.10. The van der Waals surface area contributed by atoms with Gasteiger partial charge in [0.05, 0.1) is 15.2 Å². The minimum atomic E-state index is 0.302. The molecule has 0 aliphatic carbocycles. The minimum absolute atomic E-state index is 0.302. The van der Waals surface area contributed by atoms with Gasteiger partial charge in [-0.2, -0.15) is 0 Å². The van der Waals surface area contributed by atoms with Crippen LogP contribution in [0.25, 0.3) is 10.2 Å². The molecule has 18 heavy (non-hydrogen) atoms. The molecule has 0 amide bonds. The van der Waals surface area contributed by atoms with Gasteiger partial charge in [-0.05, 0) is 35.9 Å². The molecule has 0 aliphatic heterocycles. The average molecular weight is 320 g/mol. The SMILES string of the molecule is Oc1cccc(Cc2nc3cc(Br)ccc3s2)c1. The Balaban J connectivity index is 1.95. The molecule has 0 aliphatic rings. The van der Waals surface area contributed by atoms with E-state index in [4.69, 9.17) is 0 Å². The molecule has 0 saturated carbocycles. The number of halogens is 1. The van der Waals surface area contributed by atoms with Crippen molar-refractivity contribution in [2.45, 2.75) is 6.42 Å². The highest BCUT2D eigenvalue weighted by Gasteiger charge is 2.05. The molecule has 2 aromatic carbocycles. The second-order valence-corrected chi connectivity index (χ2v) is 6.10. The first kappa shape index (κ1) is 11.7. The van der Waals surface area contributed by atoms with Crippen LogP contribution in [-0.2, 0) is 6.42 Å². The topological polar surface area (TPSA) is 33.1 Å². The molecule has 2 nitrogen and oxygen atoms in total. The Morgan fingerprint density at radius 1 is 1.17 bits per heavy atom. The second kappa shape index (κ2) is 4.71. The van der Waals surface area contributed by atoms with Crippen molar-refractivity contribution in [2.75, 3.05) is 0 Å². The monoisotopic (exact) mass is 319 g/mol. The van der Waals surface area contributed by atoms with Gasteiger partial charge >= 0.3 is 0 Å². The molecule has 0 fully saturated rings. The molecular formula is C14H10BrNOS. The summed E-state index contributed by atoms with van der Waals surface area (Å²) < 4.78 is 2.23. The van der Waals surface area contributed by atoms with Gasteiger partial charge in [0.25, 0.3) is 0 Å². The summed E-state index contributed by atoms with van der Waals surface area (Å²) in [6.45, 7) is 0. The number of aromatic hydroxyl groups is 1. The first-order valence-electron chi connectivity index (χ1n) is 5.53. The van der Waals surface area contributed by atoms with E-state index < -0.39 is 0 Å². The third-order valence-corrected chi connectivity index (χ3v) is 4.19. The average Bonchev–Trinajstić information content (AvgIpc) is 2.70. The molecule has 0 saturated heterocycles. The molecule has 0 atom stereocenters. The van der Waals surface area contributed by atoms with Gasteiger partial charge in [0.1, 0.15) is 5.75 Å². The maximum atomic E-state index is 9.44. The molecule has 3 rings (SSSR count). The van der Waals surface area contributed by atoms with E-state index in [1.807, 2.05) is 24.3 Å². The summed E-state index contributed by atoms with van der Waals surface area (Å²) >= 11 is 5.14. The van der Waals surface area contributed by atoms with Gasteiger partial charge in [-0.1, -0.05) is 28.1 Å². The van der Waals surface area contributed by atoms with Crippen LogP contribution in [0.5, 0.6) is 5.75 Å². The van der Waals surface area contributed by atoms with E-state index in [1.54, 1.807) is 23.5 Å². The van der Waals surface area contributed by atoms with E-state index in [1.165, 1.54) is 4.70 Å². The Kier molecular flexibility index (Phi) is 3.06. The summed E-state index contributed by atoms with van der Waals surface area (Å²) in [5.74, 6) is 0.302. The van der Waals surface area contributed by atoms with Crippen LogP contribution in [0.1, 0.15) is 10.6 Å². The molecule has 4 heteroatoms. The number of rotatable bonds is 2. The number of benzene rings is 2. The number of aromatic nitrogens is 1. The summed E-state index contributed by atoms with van der Waals surface area (Å²) in [5, 5.41) is 10.5. The third-order valence-electron chi connectivity index (χ3n) is 2.66. The van der Waals surface area contributed by atoms with Crippen molar-refractivity contribution in [2.24, 2.45) is 0 Å². The van der Waals surface area contributed by atoms with Crippen LogP contribution in [0.15, 0.2) is 46.9 Å². The van der Waals surface area contributed by atoms with Crippen molar-refractivity contribution >= 4 is 37.5 Å². The van der Waals surface area contributed by atoms with E-state index in [0.29, 0.717) is 5.75 Å². The fourth-order valence-electron chi connectivity index (χ4n) is 1.86. The number of phenols is 1. The van der Waals surface area contributed by atoms with E-state index >= 15 is 0 Å². The molecule has 1 N–H and O–H groups in total. The van der Waals surface area contributed by atoms with Crippen LogP contribution in [0.3, 0.4) is 0 Å². The smallest absolute Gasteiger partial charge is 0.115 e. The molecule has 0 unspecified atom stereocenters. The molecule has 1 heterocycles. The largest absolute Gasteiger partial charge is 0.508 e. The number of nitrogens with zero attached hydrogens (tertiary/aromatic N) is 1. The zero-order chi connectivity index (χ0) is 12.5. The van der Waals surface area contributed by atoms with Gasteiger partial charge in [0.15, 0.2) is 0 Å². The lowest BCUT2D eigenvalue weighted by molar-refractivity contribution is 0.474. The number of hydrogen-bond acceptors (Lipinski definition) is 3. The van der Waals surface area contributed by atoms with Crippen LogP contribution in [-0.4, -0.2) is 10.1 Å². The second-order valence-electron chi connectivity index (χ2n) is 4.07. The number of thiazole rings is 1. The van der Waals surface area contributed by atoms with E-state index in [9.17, 15) is 5.11 Å². The lowest BCUT2D eigenvalue weighted by Gasteiger charge is -1.98. The van der Waals surface area contributed by atoms with Gasteiger partial charge in [-0.15, -0.1) is 11.3 Å². The number of fused-ring (bicyclic) bond motifs is 1. The van der Waals surface area contributed by atoms with E-state index in [2.05, 4.69) is 27.0 Å². The molecule has 0 radical (unpaired) electrons. The summed E-state index contributed by atoms with van der Waals surface area (Å²) in [4.78, 5) is 4.61. The Morgan fingerprint density at radius 2 is 2.06 bits per heavy atom. The Morgan fingerprint density at radius 3 is 2.89 bits per heavy atom. The lowest BCUT2D eigenvalue weighted by atomic mass is 10.1. The van der Waals surface area contributed by atoms with Crippen molar-refractivity contribution in [1.29, 1.82) is 0 Å². The maximum Gasteiger partial charge on any atom is 0.115 e. The van der Waals surface area contributed by atoms with Crippen LogP contribution in [0.2, 0.25) is 0 Å². The van der Waals surface area contributed by atoms with Crippen molar-refractivity contribution in [3.8, 4) is 5.75 Å². The molecule has 1 aromatic heterocycles. The Hall–Kier alpha value is -1.39. The number of hydrogen-bond donors (Lipinski definition) is 1. The first-order chi connectivity index (χ1) is 8.70. The Bertz CT molecular complexity index is 708. The minimum Gasteiger partial charge on any atom is -0.508 e. The van der Waals surface area contributed by atoms with Crippen molar-refractivity contribution in [1.82, 2.24) is 4.98 Å². The van der Waals surface area contributed by atoms with Crippen LogP contribution < -0.4 is 0 Å². The fraction of sp³-hybridized carbons (Fsp3) is 0.0714. The van der Waals surface area contributed by atoms with E-state index in [0.717, 1.165) is 27.0 Å². The van der Waals surface area contributed by atoms with Crippen LogP contribution >= 0.6 is 27.3 Å². The predicted octanol–water partition coefficient (Wildman–Crippen LogP) is 4.36. The number of phenolic OH excluding ortho intramolecular Hbond substituents is 1. The maximum absolute atomic E-state index is 9.44. The summed E-state index contributed by atoms with van der Waals surface area (Å²) in [6.07, 6.45) is 0.755. The highest BCUT2D eigenvalue weighted by molar-refractivity contribution is 9.10. The first-order valence-corrected chi connectivity index (χ1v) is 7.14. The normalized spacial score (nSPS) is 10.9. The van der Waals surface area contributed by atoms with Gasteiger partial charge in [0, 0.05) is 10.9 Å². The standard InChI is InChI=1S/C14H10BrNOS/c15-10-4-5-13-12(8-10)16-14(18-13)7-9-2-1-3-11(17)6-9/h1-6,8,17H,7H2. The summed E-state index contributed by atoms with van der Waals surface area (Å²) in [7, 11) is 0. The highest BCUT2D eigenvalue weighted by Crippen LogP contribution is 2.27. The zero-order valence-corrected chi connectivity index (χ0v) is 11.8. The van der Waals surface area contributed by atoms with Crippen molar-refractivity contribution < 1.29 is 5.11 Å².